The van der Waals surface area contributed by atoms with Gasteiger partial charge in [0.05, 0.1) is 0 Å². The van der Waals surface area contributed by atoms with E-state index in [4.69, 9.17) is 10.1 Å². The van der Waals surface area contributed by atoms with Crippen molar-refractivity contribution in [3.05, 3.63) is 109 Å². The molecular weight excluding hydrogens is 456 g/mol. The summed E-state index contributed by atoms with van der Waals surface area (Å²) in [6.45, 7) is 2.10. The molecule has 2 aromatic heterocycles. The van der Waals surface area contributed by atoms with E-state index in [-0.39, 0.29) is 10.9 Å². The van der Waals surface area contributed by atoms with E-state index in [2.05, 4.69) is 47.6 Å². The van der Waals surface area contributed by atoms with E-state index in [0.717, 1.165) is 38.8 Å². The molecule has 0 fully saturated rings. The van der Waals surface area contributed by atoms with Crippen LogP contribution in [0.1, 0.15) is 18.5 Å². The molecule has 6 nitrogen and oxygen atoms in total. The van der Waals surface area contributed by atoms with Gasteiger partial charge in [-0.3, -0.25) is 4.98 Å². The molecule has 3 aromatic carbocycles. The predicted molar refractivity (Wildman–Crippen MR) is 140 cm³/mol. The van der Waals surface area contributed by atoms with Crippen molar-refractivity contribution in [1.29, 1.82) is 0 Å². The second-order valence-corrected chi connectivity index (χ2v) is 9.91. The Balaban J connectivity index is 1.73. The third-order valence-corrected chi connectivity index (χ3v) is 6.88. The molecule has 1 unspecified atom stereocenters. The molecular formula is C28H24N4O2S. The fourth-order valence-corrected chi connectivity index (χ4v) is 4.74. The van der Waals surface area contributed by atoms with Gasteiger partial charge in [-0.1, -0.05) is 78.9 Å². The van der Waals surface area contributed by atoms with Crippen molar-refractivity contribution in [1.82, 2.24) is 9.97 Å². The molecule has 7 heteroatoms. The van der Waals surface area contributed by atoms with Gasteiger partial charge in [-0.15, -0.1) is 0 Å². The molecule has 5 aromatic rings. The Bertz CT molecular complexity index is 1610. The van der Waals surface area contributed by atoms with Gasteiger partial charge in [-0.25, -0.2) is 18.5 Å². The molecule has 0 saturated heterocycles. The zero-order valence-corrected chi connectivity index (χ0v) is 19.9. The molecule has 0 aliphatic heterocycles. The fourth-order valence-electron chi connectivity index (χ4n) is 4.24. The van der Waals surface area contributed by atoms with E-state index in [1.54, 1.807) is 12.4 Å². The third kappa shape index (κ3) is 4.64. The summed E-state index contributed by atoms with van der Waals surface area (Å²) in [7, 11) is -3.89. The first-order valence-electron chi connectivity index (χ1n) is 11.2. The predicted octanol–water partition coefficient (Wildman–Crippen LogP) is 5.78. The van der Waals surface area contributed by atoms with Crippen LogP contribution < -0.4 is 10.5 Å². The summed E-state index contributed by atoms with van der Waals surface area (Å²) in [5.74, 6) is 0.745. The molecule has 0 saturated carbocycles. The molecule has 2 heterocycles. The number of pyridine rings is 2. The summed E-state index contributed by atoms with van der Waals surface area (Å²) in [5, 5.41) is 10.8. The standard InChI is InChI=1S/C28H24N4O2S/c1-19(20-9-4-2-5-10-20)32-28-27-24(21-11-6-3-7-12-21)13-8-14-25(27)26(18-31-28)22-15-23(17-30-16-22)35(29,33)34/h2-19H,1H3,(H,31,32)(H2,29,33,34). The molecule has 0 radical (unpaired) electrons. The van der Waals surface area contributed by atoms with Gasteiger partial charge >= 0.3 is 0 Å². The number of hydrogen-bond donors (Lipinski definition) is 2. The molecule has 174 valence electrons. The van der Waals surface area contributed by atoms with Crippen LogP contribution in [0.15, 0.2) is 108 Å². The number of fused-ring (bicyclic) bond motifs is 1. The Kier molecular flexibility index (Phi) is 6.03. The molecule has 1 atom stereocenters. The zero-order valence-electron chi connectivity index (χ0n) is 19.1. The van der Waals surface area contributed by atoms with Gasteiger partial charge in [0.2, 0.25) is 10.0 Å². The van der Waals surface area contributed by atoms with Crippen molar-refractivity contribution in [2.45, 2.75) is 17.9 Å². The second-order valence-electron chi connectivity index (χ2n) is 8.35. The monoisotopic (exact) mass is 480 g/mol. The zero-order chi connectivity index (χ0) is 24.4. The van der Waals surface area contributed by atoms with E-state index in [9.17, 15) is 8.42 Å². The Morgan fingerprint density at radius 1 is 0.800 bits per heavy atom. The average Bonchev–Trinajstić information content (AvgIpc) is 2.89. The molecule has 0 bridgehead atoms. The Morgan fingerprint density at radius 3 is 2.23 bits per heavy atom. The van der Waals surface area contributed by atoms with Crippen LogP contribution >= 0.6 is 0 Å². The quantitative estimate of drug-likeness (QED) is 0.321. The van der Waals surface area contributed by atoms with E-state index >= 15 is 0 Å². The number of rotatable bonds is 6. The average molecular weight is 481 g/mol. The van der Waals surface area contributed by atoms with Gasteiger partial charge in [-0.05, 0) is 35.1 Å². The minimum atomic E-state index is -3.89. The van der Waals surface area contributed by atoms with E-state index in [1.165, 1.54) is 12.3 Å². The van der Waals surface area contributed by atoms with Gasteiger partial charge < -0.3 is 5.32 Å². The number of hydrogen-bond acceptors (Lipinski definition) is 5. The first kappa shape index (κ1) is 22.7. The molecule has 0 spiro atoms. The minimum absolute atomic E-state index is 0.0222. The van der Waals surface area contributed by atoms with Crippen LogP contribution in [0.4, 0.5) is 5.82 Å². The normalized spacial score (nSPS) is 12.4. The number of nitrogens with two attached hydrogens (primary N) is 1. The van der Waals surface area contributed by atoms with Crippen LogP contribution in [-0.4, -0.2) is 18.4 Å². The summed E-state index contributed by atoms with van der Waals surface area (Å²) < 4.78 is 23.9. The summed E-state index contributed by atoms with van der Waals surface area (Å²) in [6, 6.07) is 28.0. The Hall–Kier alpha value is -4.07. The highest BCUT2D eigenvalue weighted by Crippen LogP contribution is 2.39. The van der Waals surface area contributed by atoms with E-state index in [1.807, 2.05) is 48.5 Å². The van der Waals surface area contributed by atoms with Crippen molar-refractivity contribution in [2.24, 2.45) is 5.14 Å². The van der Waals surface area contributed by atoms with Gasteiger partial charge in [0.15, 0.2) is 0 Å². The lowest BCUT2D eigenvalue weighted by Crippen LogP contribution is -2.12. The van der Waals surface area contributed by atoms with Crippen LogP contribution in [0, 0.1) is 0 Å². The van der Waals surface area contributed by atoms with Gasteiger partial charge in [0, 0.05) is 41.1 Å². The third-order valence-electron chi connectivity index (χ3n) is 6.00. The summed E-state index contributed by atoms with van der Waals surface area (Å²) in [4.78, 5) is 8.89. The van der Waals surface area contributed by atoms with Crippen molar-refractivity contribution in [3.63, 3.8) is 0 Å². The van der Waals surface area contributed by atoms with Crippen LogP contribution in [0.3, 0.4) is 0 Å². The Morgan fingerprint density at radius 2 is 1.51 bits per heavy atom. The number of nitrogens with one attached hydrogen (secondary N) is 1. The molecule has 35 heavy (non-hydrogen) atoms. The smallest absolute Gasteiger partial charge is 0.239 e. The summed E-state index contributed by atoms with van der Waals surface area (Å²) in [5.41, 5.74) is 4.63. The van der Waals surface area contributed by atoms with Crippen molar-refractivity contribution in [3.8, 4) is 22.3 Å². The first-order valence-corrected chi connectivity index (χ1v) is 12.7. The molecule has 0 amide bonds. The topological polar surface area (TPSA) is 98.0 Å². The highest BCUT2D eigenvalue weighted by molar-refractivity contribution is 7.89. The molecule has 5 rings (SSSR count). The lowest BCUT2D eigenvalue weighted by atomic mass is 9.94. The number of benzene rings is 3. The largest absolute Gasteiger partial charge is 0.363 e. The summed E-state index contributed by atoms with van der Waals surface area (Å²) in [6.07, 6.45) is 4.63. The second kappa shape index (κ2) is 9.29. The van der Waals surface area contributed by atoms with Crippen molar-refractivity contribution < 1.29 is 8.42 Å². The van der Waals surface area contributed by atoms with Crippen molar-refractivity contribution in [2.75, 3.05) is 5.32 Å². The number of nitrogens with zero attached hydrogens (tertiary/aromatic N) is 2. The summed E-state index contributed by atoms with van der Waals surface area (Å²) >= 11 is 0. The highest BCUT2D eigenvalue weighted by Gasteiger charge is 2.17. The van der Waals surface area contributed by atoms with E-state index in [0.29, 0.717) is 5.56 Å². The maximum absolute atomic E-state index is 11.9. The van der Waals surface area contributed by atoms with Crippen LogP contribution in [0.25, 0.3) is 33.0 Å². The van der Waals surface area contributed by atoms with Gasteiger partial charge in [0.1, 0.15) is 10.7 Å². The number of primary sulfonamides is 1. The lowest BCUT2D eigenvalue weighted by molar-refractivity contribution is 0.597. The van der Waals surface area contributed by atoms with Gasteiger partial charge in [0.25, 0.3) is 0 Å². The first-order chi connectivity index (χ1) is 16.9. The Labute approximate surface area is 204 Å². The fraction of sp³-hybridized carbons (Fsp3) is 0.0714. The number of sulfonamides is 1. The van der Waals surface area contributed by atoms with Gasteiger partial charge in [-0.2, -0.15) is 0 Å². The molecule has 0 aliphatic carbocycles. The van der Waals surface area contributed by atoms with E-state index < -0.39 is 10.0 Å². The maximum atomic E-state index is 11.9. The molecule has 0 aliphatic rings. The maximum Gasteiger partial charge on any atom is 0.239 e. The van der Waals surface area contributed by atoms with Crippen LogP contribution in [-0.2, 0) is 10.0 Å². The van der Waals surface area contributed by atoms with Crippen molar-refractivity contribution >= 4 is 26.6 Å². The highest BCUT2D eigenvalue weighted by atomic mass is 32.2. The molecule has 3 N–H and O–H groups in total. The lowest BCUT2D eigenvalue weighted by Gasteiger charge is -2.20. The minimum Gasteiger partial charge on any atom is -0.363 e. The van der Waals surface area contributed by atoms with Crippen LogP contribution in [0.2, 0.25) is 0 Å². The van der Waals surface area contributed by atoms with Crippen LogP contribution in [0.5, 0.6) is 0 Å². The number of aromatic nitrogens is 2. The SMILES string of the molecule is CC(Nc1ncc(-c2cncc(S(N)(=O)=O)c2)c2cccc(-c3ccccc3)c12)c1ccccc1. The number of anilines is 1.